The van der Waals surface area contributed by atoms with Gasteiger partial charge in [-0.2, -0.15) is 13.2 Å². The number of halogens is 3. The Morgan fingerprint density at radius 1 is 1.23 bits per heavy atom. The first kappa shape index (κ1) is 14.7. The van der Waals surface area contributed by atoms with Crippen LogP contribution in [0.5, 0.6) is 0 Å². The van der Waals surface area contributed by atoms with Crippen molar-refractivity contribution in [1.29, 1.82) is 0 Å². The molecular weight excluding hydrogens is 295 g/mol. The van der Waals surface area contributed by atoms with Gasteiger partial charge >= 0.3 is 6.18 Å². The lowest BCUT2D eigenvalue weighted by Gasteiger charge is -2.24. The van der Waals surface area contributed by atoms with Gasteiger partial charge in [0.15, 0.2) is 0 Å². The Morgan fingerprint density at radius 2 is 1.95 bits per heavy atom. The highest BCUT2D eigenvalue weighted by Gasteiger charge is 2.37. The Bertz CT molecular complexity index is 660. The number of rotatable bonds is 4. The zero-order valence-corrected chi connectivity index (χ0v) is 11.6. The van der Waals surface area contributed by atoms with Crippen molar-refractivity contribution in [2.24, 2.45) is 0 Å². The summed E-state index contributed by atoms with van der Waals surface area (Å²) in [6.45, 7) is -0.0512. The van der Waals surface area contributed by atoms with E-state index in [-0.39, 0.29) is 24.1 Å². The molecule has 0 unspecified atom stereocenters. The van der Waals surface area contributed by atoms with Gasteiger partial charge in [0.1, 0.15) is 6.26 Å². The van der Waals surface area contributed by atoms with Gasteiger partial charge in [-0.05, 0) is 30.5 Å². The van der Waals surface area contributed by atoms with Gasteiger partial charge in [-0.1, -0.05) is 18.2 Å². The molecule has 0 bridgehead atoms. The van der Waals surface area contributed by atoms with Crippen LogP contribution in [0.25, 0.3) is 0 Å². The Hall–Kier alpha value is -2.24. The SMILES string of the molecule is O=C(c1ccoc1)N(Cc1ccccc1C(F)(F)F)C1CC1. The zero-order chi connectivity index (χ0) is 15.7. The van der Waals surface area contributed by atoms with E-state index in [0.717, 1.165) is 18.9 Å². The van der Waals surface area contributed by atoms with E-state index in [0.29, 0.717) is 5.56 Å². The highest BCUT2D eigenvalue weighted by molar-refractivity contribution is 5.94. The molecule has 22 heavy (non-hydrogen) atoms. The van der Waals surface area contributed by atoms with Crippen molar-refractivity contribution in [2.75, 3.05) is 0 Å². The molecule has 1 heterocycles. The van der Waals surface area contributed by atoms with Gasteiger partial charge in [-0.3, -0.25) is 4.79 Å². The van der Waals surface area contributed by atoms with Gasteiger partial charge in [-0.15, -0.1) is 0 Å². The molecule has 3 rings (SSSR count). The van der Waals surface area contributed by atoms with E-state index in [9.17, 15) is 18.0 Å². The third-order valence-corrected chi connectivity index (χ3v) is 3.68. The topological polar surface area (TPSA) is 33.5 Å². The summed E-state index contributed by atoms with van der Waals surface area (Å²) < 4.78 is 44.1. The minimum absolute atomic E-state index is 0.00342. The summed E-state index contributed by atoms with van der Waals surface area (Å²) in [6, 6.07) is 6.89. The quantitative estimate of drug-likeness (QED) is 0.852. The minimum atomic E-state index is -4.43. The smallest absolute Gasteiger partial charge is 0.416 e. The van der Waals surface area contributed by atoms with E-state index in [4.69, 9.17) is 4.42 Å². The number of hydrogen-bond donors (Lipinski definition) is 0. The highest BCUT2D eigenvalue weighted by Crippen LogP contribution is 2.35. The molecule has 1 fully saturated rings. The van der Waals surface area contributed by atoms with Crippen LogP contribution < -0.4 is 0 Å². The lowest BCUT2D eigenvalue weighted by Crippen LogP contribution is -2.33. The molecule has 1 aliphatic rings. The Morgan fingerprint density at radius 3 is 2.55 bits per heavy atom. The van der Waals surface area contributed by atoms with Gasteiger partial charge in [-0.25, -0.2) is 0 Å². The summed E-state index contributed by atoms with van der Waals surface area (Å²) in [5.74, 6) is -0.298. The Labute approximate surface area is 125 Å². The van der Waals surface area contributed by atoms with E-state index < -0.39 is 11.7 Å². The predicted molar refractivity (Wildman–Crippen MR) is 73.0 cm³/mol. The number of benzene rings is 1. The summed E-state index contributed by atoms with van der Waals surface area (Å²) in [4.78, 5) is 13.9. The molecule has 6 heteroatoms. The predicted octanol–water partition coefficient (Wildman–Crippen LogP) is 4.10. The van der Waals surface area contributed by atoms with E-state index >= 15 is 0 Å². The van der Waals surface area contributed by atoms with Crippen LogP contribution in [-0.4, -0.2) is 16.8 Å². The third kappa shape index (κ3) is 3.00. The van der Waals surface area contributed by atoms with Crippen LogP contribution in [0.15, 0.2) is 47.3 Å². The molecular formula is C16H14F3NO2. The van der Waals surface area contributed by atoms with E-state index in [1.165, 1.54) is 35.6 Å². The summed E-state index contributed by atoms with van der Waals surface area (Å²) in [7, 11) is 0. The molecule has 116 valence electrons. The Kier molecular flexibility index (Phi) is 3.68. The molecule has 0 radical (unpaired) electrons. The van der Waals surface area contributed by atoms with Crippen molar-refractivity contribution in [3.63, 3.8) is 0 Å². The first-order valence-corrected chi connectivity index (χ1v) is 6.95. The lowest BCUT2D eigenvalue weighted by molar-refractivity contribution is -0.138. The van der Waals surface area contributed by atoms with Crippen molar-refractivity contribution < 1.29 is 22.4 Å². The number of furan rings is 1. The van der Waals surface area contributed by atoms with Gasteiger partial charge in [0.25, 0.3) is 5.91 Å². The number of carbonyl (C=O) groups excluding carboxylic acids is 1. The largest absolute Gasteiger partial charge is 0.472 e. The summed E-state index contributed by atoms with van der Waals surface area (Å²) in [5.41, 5.74) is -0.226. The molecule has 0 aliphatic heterocycles. The molecule has 1 aliphatic carbocycles. The van der Waals surface area contributed by atoms with Crippen molar-refractivity contribution in [2.45, 2.75) is 31.6 Å². The van der Waals surface area contributed by atoms with E-state index in [1.54, 1.807) is 6.07 Å². The zero-order valence-electron chi connectivity index (χ0n) is 11.6. The van der Waals surface area contributed by atoms with Crippen LogP contribution >= 0.6 is 0 Å². The first-order valence-electron chi connectivity index (χ1n) is 6.95. The highest BCUT2D eigenvalue weighted by atomic mass is 19.4. The first-order chi connectivity index (χ1) is 10.5. The van der Waals surface area contributed by atoms with Gasteiger partial charge < -0.3 is 9.32 Å². The van der Waals surface area contributed by atoms with Crippen LogP contribution in [0.4, 0.5) is 13.2 Å². The molecule has 1 amide bonds. The molecule has 1 aromatic heterocycles. The van der Waals surface area contributed by atoms with Crippen LogP contribution in [0.2, 0.25) is 0 Å². The monoisotopic (exact) mass is 309 g/mol. The van der Waals surface area contributed by atoms with Crippen molar-refractivity contribution in [1.82, 2.24) is 4.90 Å². The number of carbonyl (C=O) groups is 1. The fourth-order valence-corrected chi connectivity index (χ4v) is 2.42. The molecule has 3 nitrogen and oxygen atoms in total. The van der Waals surface area contributed by atoms with Gasteiger partial charge in [0, 0.05) is 12.6 Å². The molecule has 0 atom stereocenters. The van der Waals surface area contributed by atoms with E-state index in [2.05, 4.69) is 0 Å². The van der Waals surface area contributed by atoms with Crippen LogP contribution in [-0.2, 0) is 12.7 Å². The second-order valence-corrected chi connectivity index (χ2v) is 5.33. The fraction of sp³-hybridized carbons (Fsp3) is 0.312. The molecule has 0 saturated heterocycles. The minimum Gasteiger partial charge on any atom is -0.472 e. The van der Waals surface area contributed by atoms with Gasteiger partial charge in [0.2, 0.25) is 0 Å². The fourth-order valence-electron chi connectivity index (χ4n) is 2.42. The molecule has 1 saturated carbocycles. The Balaban J connectivity index is 1.88. The lowest BCUT2D eigenvalue weighted by atomic mass is 10.1. The maximum absolute atomic E-state index is 13.1. The number of amides is 1. The summed E-state index contributed by atoms with van der Waals surface area (Å²) in [6.07, 6.45) is -0.102. The average molecular weight is 309 g/mol. The van der Waals surface area contributed by atoms with Crippen LogP contribution in [0, 0.1) is 0 Å². The normalized spacial score (nSPS) is 14.9. The van der Waals surface area contributed by atoms with Crippen LogP contribution in [0.1, 0.15) is 34.3 Å². The van der Waals surface area contributed by atoms with Crippen molar-refractivity contribution >= 4 is 5.91 Å². The van der Waals surface area contributed by atoms with Crippen molar-refractivity contribution in [3.05, 3.63) is 59.5 Å². The average Bonchev–Trinajstić information content (AvgIpc) is 3.17. The molecule has 0 N–H and O–H groups in total. The maximum Gasteiger partial charge on any atom is 0.416 e. The van der Waals surface area contributed by atoms with E-state index in [1.807, 2.05) is 0 Å². The number of hydrogen-bond acceptors (Lipinski definition) is 2. The standard InChI is InChI=1S/C16H14F3NO2/c17-16(18,19)14-4-2-1-3-11(14)9-20(13-5-6-13)15(21)12-7-8-22-10-12/h1-4,7-8,10,13H,5-6,9H2. The summed E-state index contributed by atoms with van der Waals surface area (Å²) in [5, 5.41) is 0. The van der Waals surface area contributed by atoms with Gasteiger partial charge in [0.05, 0.1) is 17.4 Å². The number of nitrogens with zero attached hydrogens (tertiary/aromatic N) is 1. The van der Waals surface area contributed by atoms with Crippen LogP contribution in [0.3, 0.4) is 0 Å². The third-order valence-electron chi connectivity index (χ3n) is 3.68. The molecule has 1 aromatic carbocycles. The second-order valence-electron chi connectivity index (χ2n) is 5.33. The number of alkyl halides is 3. The molecule has 2 aromatic rings. The summed E-state index contributed by atoms with van der Waals surface area (Å²) >= 11 is 0. The van der Waals surface area contributed by atoms with Crippen molar-refractivity contribution in [3.8, 4) is 0 Å². The maximum atomic E-state index is 13.1. The second kappa shape index (κ2) is 5.51. The molecule has 0 spiro atoms.